The summed E-state index contributed by atoms with van der Waals surface area (Å²) in [6.45, 7) is 6.22. The first kappa shape index (κ1) is 18.5. The number of benzene rings is 1. The van der Waals surface area contributed by atoms with Gasteiger partial charge in [-0.3, -0.25) is 4.79 Å². The van der Waals surface area contributed by atoms with E-state index < -0.39 is 9.84 Å². The predicted octanol–water partition coefficient (Wildman–Crippen LogP) is 3.21. The second-order valence-electron chi connectivity index (χ2n) is 6.95. The van der Waals surface area contributed by atoms with E-state index in [9.17, 15) is 13.2 Å². The summed E-state index contributed by atoms with van der Waals surface area (Å²) in [7, 11) is -3.03. The Bertz CT molecular complexity index is 785. The highest BCUT2D eigenvalue weighted by molar-refractivity contribution is 8.16. The van der Waals surface area contributed by atoms with Crippen molar-refractivity contribution in [3.05, 3.63) is 29.8 Å². The van der Waals surface area contributed by atoms with Gasteiger partial charge in [-0.1, -0.05) is 44.7 Å². The average molecular weight is 381 g/mol. The van der Waals surface area contributed by atoms with E-state index in [-0.39, 0.29) is 28.7 Å². The molecule has 0 bridgehead atoms. The van der Waals surface area contributed by atoms with Crippen molar-refractivity contribution in [3.63, 3.8) is 0 Å². The SMILES string of the molecule is CCCC(=O)N=C1S[C@@H]2CS(=O)(=O)C[C@@H]2N1c1ccc(C(C)C)cc1. The fraction of sp³-hybridized carbons (Fsp3) is 0.556. The van der Waals surface area contributed by atoms with Crippen LogP contribution in [0.4, 0.5) is 5.69 Å². The van der Waals surface area contributed by atoms with Crippen LogP contribution >= 0.6 is 11.8 Å². The van der Waals surface area contributed by atoms with Gasteiger partial charge in [-0.25, -0.2) is 8.42 Å². The number of thioether (sulfide) groups is 1. The molecule has 0 N–H and O–H groups in total. The number of amides is 1. The topological polar surface area (TPSA) is 66.8 Å². The van der Waals surface area contributed by atoms with E-state index in [1.807, 2.05) is 24.0 Å². The number of carbonyl (C=O) groups is 1. The summed E-state index contributed by atoms with van der Waals surface area (Å²) in [6.07, 6.45) is 1.17. The second kappa shape index (κ2) is 7.11. The smallest absolute Gasteiger partial charge is 0.248 e. The van der Waals surface area contributed by atoms with Gasteiger partial charge in [-0.05, 0) is 30.0 Å². The van der Waals surface area contributed by atoms with Crippen LogP contribution in [0.5, 0.6) is 0 Å². The fourth-order valence-corrected chi connectivity index (χ4v) is 7.19. The Labute approximate surface area is 153 Å². The maximum Gasteiger partial charge on any atom is 0.248 e. The minimum atomic E-state index is -3.03. The van der Waals surface area contributed by atoms with Crippen LogP contribution in [0.1, 0.15) is 45.1 Å². The van der Waals surface area contributed by atoms with Gasteiger partial charge in [-0.2, -0.15) is 4.99 Å². The number of carbonyl (C=O) groups excluding carboxylic acids is 1. The highest BCUT2D eigenvalue weighted by Crippen LogP contribution is 2.41. The molecule has 3 rings (SSSR count). The van der Waals surface area contributed by atoms with Crippen LogP contribution < -0.4 is 4.90 Å². The molecule has 1 aromatic carbocycles. The third kappa shape index (κ3) is 3.92. The van der Waals surface area contributed by atoms with Gasteiger partial charge in [-0.15, -0.1) is 0 Å². The molecular formula is C18H24N2O3S2. The quantitative estimate of drug-likeness (QED) is 0.802. The van der Waals surface area contributed by atoms with Gasteiger partial charge in [0.1, 0.15) is 0 Å². The number of fused-ring (bicyclic) bond motifs is 1. The molecule has 1 aromatic rings. The lowest BCUT2D eigenvalue weighted by Crippen LogP contribution is -2.37. The van der Waals surface area contributed by atoms with Crippen molar-refractivity contribution in [2.45, 2.75) is 50.8 Å². The molecule has 2 atom stereocenters. The van der Waals surface area contributed by atoms with E-state index in [4.69, 9.17) is 0 Å². The Hall–Kier alpha value is -1.34. The average Bonchev–Trinajstić information content (AvgIpc) is 2.98. The molecule has 2 fully saturated rings. The van der Waals surface area contributed by atoms with Gasteiger partial charge < -0.3 is 4.90 Å². The number of rotatable bonds is 4. The van der Waals surface area contributed by atoms with Gasteiger partial charge >= 0.3 is 0 Å². The molecular weight excluding hydrogens is 356 g/mol. The highest BCUT2D eigenvalue weighted by Gasteiger charge is 2.49. The lowest BCUT2D eigenvalue weighted by Gasteiger charge is -2.25. The van der Waals surface area contributed by atoms with Crippen molar-refractivity contribution in [2.75, 3.05) is 16.4 Å². The van der Waals surface area contributed by atoms with E-state index in [0.717, 1.165) is 12.1 Å². The van der Waals surface area contributed by atoms with E-state index in [1.165, 1.54) is 17.3 Å². The number of amidine groups is 1. The largest absolute Gasteiger partial charge is 0.316 e. The molecule has 2 aliphatic heterocycles. The molecule has 0 aromatic heterocycles. The van der Waals surface area contributed by atoms with Crippen molar-refractivity contribution in [1.82, 2.24) is 0 Å². The standard InChI is InChI=1S/C18H24N2O3S2/c1-4-5-17(21)19-18-20(14-8-6-13(7-9-14)12(2)3)15-10-25(22,23)11-16(15)24-18/h6-9,12,15-16H,4-5,10-11H2,1-3H3/t15-,16+/m0/s1. The zero-order valence-corrected chi connectivity index (χ0v) is 16.4. The van der Waals surface area contributed by atoms with E-state index in [0.29, 0.717) is 17.5 Å². The molecule has 2 heterocycles. The first-order valence-corrected chi connectivity index (χ1v) is 11.4. The molecule has 0 unspecified atom stereocenters. The Balaban J connectivity index is 1.96. The molecule has 0 aliphatic carbocycles. The third-order valence-corrected chi connectivity index (χ3v) is 7.80. The summed E-state index contributed by atoms with van der Waals surface area (Å²) in [5.74, 6) is 0.569. The minimum Gasteiger partial charge on any atom is -0.316 e. The lowest BCUT2D eigenvalue weighted by molar-refractivity contribution is -0.117. The van der Waals surface area contributed by atoms with Crippen LogP contribution in [0.15, 0.2) is 29.3 Å². The maximum atomic E-state index is 12.0. The summed E-state index contributed by atoms with van der Waals surface area (Å²) >= 11 is 1.43. The minimum absolute atomic E-state index is 0.0528. The number of anilines is 1. The van der Waals surface area contributed by atoms with Crippen molar-refractivity contribution >= 4 is 38.4 Å². The normalized spacial score (nSPS) is 26.4. The van der Waals surface area contributed by atoms with Crippen LogP contribution in [-0.4, -0.2) is 42.3 Å². The number of nitrogens with zero attached hydrogens (tertiary/aromatic N) is 2. The van der Waals surface area contributed by atoms with Crippen LogP contribution in [0, 0.1) is 0 Å². The van der Waals surface area contributed by atoms with Crippen molar-refractivity contribution in [2.24, 2.45) is 4.99 Å². The molecule has 25 heavy (non-hydrogen) atoms. The fourth-order valence-electron chi connectivity index (χ4n) is 3.26. The highest BCUT2D eigenvalue weighted by atomic mass is 32.2. The first-order chi connectivity index (χ1) is 11.8. The van der Waals surface area contributed by atoms with Gasteiger partial charge in [0.05, 0.1) is 17.5 Å². The Morgan fingerprint density at radius 3 is 2.56 bits per heavy atom. The van der Waals surface area contributed by atoms with Crippen LogP contribution in [0.25, 0.3) is 0 Å². The molecule has 2 saturated heterocycles. The maximum absolute atomic E-state index is 12.0. The number of aliphatic imine (C=N–C) groups is 1. The number of hydrogen-bond donors (Lipinski definition) is 0. The van der Waals surface area contributed by atoms with Crippen molar-refractivity contribution in [3.8, 4) is 0 Å². The number of hydrogen-bond acceptors (Lipinski definition) is 4. The Morgan fingerprint density at radius 1 is 1.28 bits per heavy atom. The van der Waals surface area contributed by atoms with E-state index >= 15 is 0 Å². The lowest BCUT2D eigenvalue weighted by atomic mass is 10.0. The zero-order chi connectivity index (χ0) is 18.2. The van der Waals surface area contributed by atoms with Crippen molar-refractivity contribution < 1.29 is 13.2 Å². The molecule has 7 heteroatoms. The van der Waals surface area contributed by atoms with Gasteiger partial charge in [0, 0.05) is 17.4 Å². The van der Waals surface area contributed by atoms with Crippen LogP contribution in [0.3, 0.4) is 0 Å². The second-order valence-corrected chi connectivity index (χ2v) is 10.3. The molecule has 0 spiro atoms. The molecule has 0 radical (unpaired) electrons. The molecule has 2 aliphatic rings. The third-order valence-electron chi connectivity index (χ3n) is 4.59. The zero-order valence-electron chi connectivity index (χ0n) is 14.8. The van der Waals surface area contributed by atoms with Crippen molar-refractivity contribution in [1.29, 1.82) is 0 Å². The van der Waals surface area contributed by atoms with Gasteiger partial charge in [0.2, 0.25) is 5.91 Å². The van der Waals surface area contributed by atoms with Crippen LogP contribution in [0.2, 0.25) is 0 Å². The molecule has 136 valence electrons. The monoisotopic (exact) mass is 380 g/mol. The summed E-state index contributed by atoms with van der Waals surface area (Å²) in [5, 5.41) is 0.587. The Morgan fingerprint density at radius 2 is 1.96 bits per heavy atom. The summed E-state index contributed by atoms with van der Waals surface area (Å²) < 4.78 is 24.1. The molecule has 5 nitrogen and oxygen atoms in total. The van der Waals surface area contributed by atoms with E-state index in [2.05, 4.69) is 31.0 Å². The summed E-state index contributed by atoms with van der Waals surface area (Å²) in [4.78, 5) is 18.3. The van der Waals surface area contributed by atoms with Gasteiger partial charge in [0.15, 0.2) is 15.0 Å². The van der Waals surface area contributed by atoms with E-state index in [1.54, 1.807) is 0 Å². The Kier molecular flexibility index (Phi) is 5.25. The number of sulfone groups is 1. The first-order valence-electron chi connectivity index (χ1n) is 8.68. The van der Waals surface area contributed by atoms with Crippen LogP contribution in [-0.2, 0) is 14.6 Å². The molecule has 0 saturated carbocycles. The molecule has 1 amide bonds. The summed E-state index contributed by atoms with van der Waals surface area (Å²) in [5.41, 5.74) is 2.14. The summed E-state index contributed by atoms with van der Waals surface area (Å²) in [6, 6.07) is 7.99. The van der Waals surface area contributed by atoms with Gasteiger partial charge in [0.25, 0.3) is 0 Å². The predicted molar refractivity (Wildman–Crippen MR) is 104 cm³/mol.